The van der Waals surface area contributed by atoms with Gasteiger partial charge in [0.1, 0.15) is 6.61 Å². The minimum atomic E-state index is -0.713. The van der Waals surface area contributed by atoms with Crippen molar-refractivity contribution in [3.8, 4) is 11.5 Å². The van der Waals surface area contributed by atoms with Gasteiger partial charge in [0.05, 0.1) is 10.2 Å². The number of benzene rings is 2. The maximum absolute atomic E-state index is 12.6. The Balaban J connectivity index is 1.68. The van der Waals surface area contributed by atoms with Crippen LogP contribution in [0.2, 0.25) is 0 Å². The molecule has 6 heteroatoms. The molecule has 1 aliphatic rings. The average molecular weight is 354 g/mol. The first kappa shape index (κ1) is 15.9. The Labute approximate surface area is 149 Å². The second-order valence-corrected chi connectivity index (χ2v) is 6.83. The topological polar surface area (TPSA) is 52.8 Å². The number of amides is 1. The van der Waals surface area contributed by atoms with Gasteiger partial charge in [-0.05, 0) is 30.7 Å². The second kappa shape index (κ2) is 6.72. The Hall–Kier alpha value is -2.60. The summed E-state index contributed by atoms with van der Waals surface area (Å²) in [7, 11) is 0. The van der Waals surface area contributed by atoms with E-state index >= 15 is 0 Å². The van der Waals surface area contributed by atoms with E-state index in [2.05, 4.69) is 22.5 Å². The number of aromatic nitrogens is 1. The van der Waals surface area contributed by atoms with E-state index in [4.69, 9.17) is 9.47 Å². The van der Waals surface area contributed by atoms with Crippen molar-refractivity contribution in [1.82, 2.24) is 4.57 Å². The van der Waals surface area contributed by atoms with Crippen LogP contribution in [0.15, 0.2) is 53.5 Å². The van der Waals surface area contributed by atoms with Crippen molar-refractivity contribution >= 4 is 27.5 Å². The number of hydrogen-bond acceptors (Lipinski definition) is 4. The van der Waals surface area contributed by atoms with Crippen LogP contribution in [0.25, 0.3) is 10.2 Å². The van der Waals surface area contributed by atoms with E-state index in [9.17, 15) is 4.79 Å². The van der Waals surface area contributed by atoms with Gasteiger partial charge >= 0.3 is 0 Å². The van der Waals surface area contributed by atoms with Crippen LogP contribution in [0.4, 0.5) is 0 Å². The van der Waals surface area contributed by atoms with E-state index in [1.165, 1.54) is 11.3 Å². The first-order valence-electron chi connectivity index (χ1n) is 8.31. The third kappa shape index (κ3) is 3.05. The highest BCUT2D eigenvalue weighted by Crippen LogP contribution is 2.31. The van der Waals surface area contributed by atoms with E-state index in [-0.39, 0.29) is 12.5 Å². The SMILES string of the molecule is CCCn1c(=NC(=O)[C@@H]2COc3ccccc3O2)sc2ccccc21. The van der Waals surface area contributed by atoms with Gasteiger partial charge in [0.15, 0.2) is 16.3 Å². The van der Waals surface area contributed by atoms with Gasteiger partial charge in [-0.15, -0.1) is 0 Å². The van der Waals surface area contributed by atoms with Gasteiger partial charge in [-0.3, -0.25) is 4.79 Å². The molecule has 1 atom stereocenters. The predicted octanol–water partition coefficient (Wildman–Crippen LogP) is 3.38. The maximum Gasteiger partial charge on any atom is 0.292 e. The molecule has 0 radical (unpaired) electrons. The first-order chi connectivity index (χ1) is 12.3. The highest BCUT2D eigenvalue weighted by molar-refractivity contribution is 7.16. The average Bonchev–Trinajstić information content (AvgIpc) is 2.99. The first-order valence-corrected chi connectivity index (χ1v) is 9.13. The number of ether oxygens (including phenoxy) is 2. The Bertz CT molecular complexity index is 989. The van der Waals surface area contributed by atoms with Crippen LogP contribution in [-0.2, 0) is 11.3 Å². The zero-order chi connectivity index (χ0) is 17.2. The molecule has 4 rings (SSSR count). The van der Waals surface area contributed by atoms with E-state index in [1.807, 2.05) is 36.4 Å². The second-order valence-electron chi connectivity index (χ2n) is 5.82. The Morgan fingerprint density at radius 3 is 2.80 bits per heavy atom. The zero-order valence-corrected chi connectivity index (χ0v) is 14.7. The predicted molar refractivity (Wildman–Crippen MR) is 97.0 cm³/mol. The highest BCUT2D eigenvalue weighted by atomic mass is 32.1. The molecule has 0 unspecified atom stereocenters. The number of aryl methyl sites for hydroxylation is 1. The lowest BCUT2D eigenvalue weighted by molar-refractivity contribution is -0.127. The van der Waals surface area contributed by atoms with Gasteiger partial charge in [0, 0.05) is 6.54 Å². The minimum Gasteiger partial charge on any atom is -0.485 e. The summed E-state index contributed by atoms with van der Waals surface area (Å²) in [5.74, 6) is 0.931. The fourth-order valence-corrected chi connectivity index (χ4v) is 3.91. The van der Waals surface area contributed by atoms with Gasteiger partial charge in [-0.2, -0.15) is 4.99 Å². The van der Waals surface area contributed by atoms with E-state index in [0.717, 1.165) is 23.2 Å². The summed E-state index contributed by atoms with van der Waals surface area (Å²) >= 11 is 1.52. The summed E-state index contributed by atoms with van der Waals surface area (Å²) in [5, 5.41) is 0. The molecule has 5 nitrogen and oxygen atoms in total. The molecular formula is C19H18N2O3S. The van der Waals surface area contributed by atoms with Crippen molar-refractivity contribution in [2.45, 2.75) is 26.0 Å². The summed E-state index contributed by atoms with van der Waals surface area (Å²) < 4.78 is 14.6. The smallest absolute Gasteiger partial charge is 0.292 e. The van der Waals surface area contributed by atoms with Crippen LogP contribution < -0.4 is 14.3 Å². The molecule has 128 valence electrons. The Morgan fingerprint density at radius 2 is 1.96 bits per heavy atom. The van der Waals surface area contributed by atoms with Gasteiger partial charge in [-0.1, -0.05) is 42.5 Å². The monoisotopic (exact) mass is 354 g/mol. The molecule has 0 aliphatic carbocycles. The quantitative estimate of drug-likeness (QED) is 0.724. The molecule has 1 aliphatic heterocycles. The lowest BCUT2D eigenvalue weighted by atomic mass is 10.2. The molecule has 0 bridgehead atoms. The van der Waals surface area contributed by atoms with Gasteiger partial charge in [-0.25, -0.2) is 0 Å². The number of rotatable bonds is 3. The lowest BCUT2D eigenvalue weighted by Crippen LogP contribution is -2.36. The number of nitrogens with zero attached hydrogens (tertiary/aromatic N) is 2. The summed E-state index contributed by atoms with van der Waals surface area (Å²) in [5.41, 5.74) is 1.10. The molecule has 0 saturated carbocycles. The van der Waals surface area contributed by atoms with Crippen molar-refractivity contribution in [2.75, 3.05) is 6.61 Å². The summed E-state index contributed by atoms with van der Waals surface area (Å²) in [6.07, 6.45) is 0.258. The molecule has 0 saturated heterocycles. The number of fused-ring (bicyclic) bond motifs is 2. The Morgan fingerprint density at radius 1 is 1.20 bits per heavy atom. The van der Waals surface area contributed by atoms with E-state index < -0.39 is 6.10 Å². The van der Waals surface area contributed by atoms with Gasteiger partial charge in [0.2, 0.25) is 6.10 Å². The van der Waals surface area contributed by atoms with Crippen molar-refractivity contribution in [3.63, 3.8) is 0 Å². The molecular weight excluding hydrogens is 336 g/mol. The van der Waals surface area contributed by atoms with E-state index in [1.54, 1.807) is 6.07 Å². The number of para-hydroxylation sites is 3. The normalized spacial score (nSPS) is 17.0. The van der Waals surface area contributed by atoms with Gasteiger partial charge in [0.25, 0.3) is 5.91 Å². The summed E-state index contributed by atoms with van der Waals surface area (Å²) in [6, 6.07) is 15.5. The third-order valence-electron chi connectivity index (χ3n) is 4.03. The molecule has 2 heterocycles. The molecule has 1 amide bonds. The lowest BCUT2D eigenvalue weighted by Gasteiger charge is -2.23. The van der Waals surface area contributed by atoms with Crippen LogP contribution >= 0.6 is 11.3 Å². The summed E-state index contributed by atoms with van der Waals surface area (Å²) in [6.45, 7) is 3.11. The molecule has 3 aromatic rings. The minimum absolute atomic E-state index is 0.179. The van der Waals surface area contributed by atoms with Crippen LogP contribution in [0.5, 0.6) is 11.5 Å². The van der Waals surface area contributed by atoms with Crippen LogP contribution in [0, 0.1) is 0 Å². The third-order valence-corrected chi connectivity index (χ3v) is 5.08. The number of carbonyl (C=O) groups excluding carboxylic acids is 1. The fraction of sp³-hybridized carbons (Fsp3) is 0.263. The van der Waals surface area contributed by atoms with Crippen LogP contribution in [0.1, 0.15) is 13.3 Å². The maximum atomic E-state index is 12.6. The molecule has 0 N–H and O–H groups in total. The van der Waals surface area contributed by atoms with Gasteiger partial charge < -0.3 is 14.0 Å². The van der Waals surface area contributed by atoms with Crippen molar-refractivity contribution in [2.24, 2.45) is 4.99 Å². The molecule has 25 heavy (non-hydrogen) atoms. The fourth-order valence-electron chi connectivity index (χ4n) is 2.85. The number of carbonyl (C=O) groups is 1. The molecule has 0 spiro atoms. The standard InChI is InChI=1S/C19H18N2O3S/c1-2-11-21-13-7-3-6-10-17(13)25-19(21)20-18(22)16-12-23-14-8-4-5-9-15(14)24-16/h3-10,16H,2,11-12H2,1H3/t16-/m0/s1. The number of thiazole rings is 1. The van der Waals surface area contributed by atoms with E-state index in [0.29, 0.717) is 16.3 Å². The number of hydrogen-bond donors (Lipinski definition) is 0. The largest absolute Gasteiger partial charge is 0.485 e. The highest BCUT2D eigenvalue weighted by Gasteiger charge is 2.27. The molecule has 1 aromatic heterocycles. The van der Waals surface area contributed by atoms with Crippen molar-refractivity contribution in [1.29, 1.82) is 0 Å². The molecule has 0 fully saturated rings. The summed E-state index contributed by atoms with van der Waals surface area (Å²) in [4.78, 5) is 17.7. The van der Waals surface area contributed by atoms with Crippen LogP contribution in [0.3, 0.4) is 0 Å². The van der Waals surface area contributed by atoms with Crippen molar-refractivity contribution < 1.29 is 14.3 Å². The Kier molecular flexibility index (Phi) is 4.28. The molecule has 2 aromatic carbocycles. The van der Waals surface area contributed by atoms with Crippen molar-refractivity contribution in [3.05, 3.63) is 53.3 Å². The van der Waals surface area contributed by atoms with Crippen LogP contribution in [-0.4, -0.2) is 23.2 Å². The zero-order valence-electron chi connectivity index (χ0n) is 13.8.